The molecule has 0 heterocycles. The summed E-state index contributed by atoms with van der Waals surface area (Å²) in [5.41, 5.74) is 2.67. The Bertz CT molecular complexity index is 433. The molecule has 1 aromatic rings. The normalized spacial score (nSPS) is 11.4. The van der Waals surface area contributed by atoms with E-state index >= 15 is 0 Å². The lowest BCUT2D eigenvalue weighted by atomic mass is 9.98. The standard InChI is InChI=1S/C15H24N2O/c1-6-11-8-9-13(12(7-2)10-11)14(18)17(16)15(3,4)5/h8-10H,6-7,16H2,1-5H3. The van der Waals surface area contributed by atoms with Crippen molar-refractivity contribution in [3.63, 3.8) is 0 Å². The molecule has 0 aliphatic heterocycles. The molecule has 0 bridgehead atoms. The van der Waals surface area contributed by atoms with Crippen molar-refractivity contribution < 1.29 is 4.79 Å². The van der Waals surface area contributed by atoms with Crippen molar-refractivity contribution >= 4 is 5.91 Å². The predicted octanol–water partition coefficient (Wildman–Crippen LogP) is 2.93. The number of nitrogens with two attached hydrogens (primary N) is 1. The smallest absolute Gasteiger partial charge is 0.268 e. The Morgan fingerprint density at radius 3 is 2.28 bits per heavy atom. The molecule has 0 unspecified atom stereocenters. The average molecular weight is 248 g/mol. The molecule has 0 aliphatic carbocycles. The van der Waals surface area contributed by atoms with E-state index in [1.54, 1.807) is 0 Å². The lowest BCUT2D eigenvalue weighted by Gasteiger charge is -2.31. The molecule has 2 N–H and O–H groups in total. The summed E-state index contributed by atoms with van der Waals surface area (Å²) >= 11 is 0. The zero-order valence-corrected chi connectivity index (χ0v) is 12.1. The van der Waals surface area contributed by atoms with Crippen molar-refractivity contribution in [2.75, 3.05) is 0 Å². The van der Waals surface area contributed by atoms with E-state index < -0.39 is 0 Å². The van der Waals surface area contributed by atoms with Crippen molar-refractivity contribution in [2.45, 2.75) is 53.0 Å². The first kappa shape index (κ1) is 14.7. The topological polar surface area (TPSA) is 46.3 Å². The fourth-order valence-electron chi connectivity index (χ4n) is 1.80. The van der Waals surface area contributed by atoms with Gasteiger partial charge in [0.15, 0.2) is 0 Å². The first-order valence-corrected chi connectivity index (χ1v) is 6.52. The highest BCUT2D eigenvalue weighted by Gasteiger charge is 2.25. The van der Waals surface area contributed by atoms with Crippen LogP contribution in [0.2, 0.25) is 0 Å². The molecule has 0 radical (unpaired) electrons. The highest BCUT2D eigenvalue weighted by Crippen LogP contribution is 2.18. The molecular weight excluding hydrogens is 224 g/mol. The largest absolute Gasteiger partial charge is 0.271 e. The highest BCUT2D eigenvalue weighted by atomic mass is 16.2. The SMILES string of the molecule is CCc1ccc(C(=O)N(N)C(C)(C)C)c(CC)c1. The van der Waals surface area contributed by atoms with Crippen LogP contribution in [0.4, 0.5) is 0 Å². The lowest BCUT2D eigenvalue weighted by molar-refractivity contribution is 0.0581. The summed E-state index contributed by atoms with van der Waals surface area (Å²) < 4.78 is 0. The van der Waals surface area contributed by atoms with Gasteiger partial charge in [0.05, 0.1) is 5.54 Å². The van der Waals surface area contributed by atoms with Gasteiger partial charge >= 0.3 is 0 Å². The van der Waals surface area contributed by atoms with Crippen LogP contribution in [0, 0.1) is 0 Å². The Morgan fingerprint density at radius 2 is 1.83 bits per heavy atom. The second kappa shape index (κ2) is 5.53. The minimum Gasteiger partial charge on any atom is -0.271 e. The molecule has 1 aromatic carbocycles. The molecule has 0 aliphatic rings. The third-order valence-corrected chi connectivity index (χ3v) is 3.13. The molecule has 1 rings (SSSR count). The van der Waals surface area contributed by atoms with Gasteiger partial charge in [-0.1, -0.05) is 26.0 Å². The third-order valence-electron chi connectivity index (χ3n) is 3.13. The Labute approximate surface area is 110 Å². The zero-order chi connectivity index (χ0) is 13.9. The van der Waals surface area contributed by atoms with E-state index in [9.17, 15) is 4.79 Å². The fourth-order valence-corrected chi connectivity index (χ4v) is 1.80. The van der Waals surface area contributed by atoms with Gasteiger partial charge in [0.2, 0.25) is 0 Å². The summed E-state index contributed by atoms with van der Waals surface area (Å²) in [5.74, 6) is 5.79. The summed E-state index contributed by atoms with van der Waals surface area (Å²) in [5, 5.41) is 1.31. The highest BCUT2D eigenvalue weighted by molar-refractivity contribution is 5.95. The average Bonchev–Trinajstić information content (AvgIpc) is 2.35. The van der Waals surface area contributed by atoms with Crippen molar-refractivity contribution in [1.82, 2.24) is 5.01 Å². The molecular formula is C15H24N2O. The number of hydrazine groups is 1. The molecule has 0 fully saturated rings. The summed E-state index contributed by atoms with van der Waals surface area (Å²) in [6, 6.07) is 6.00. The van der Waals surface area contributed by atoms with E-state index in [0.717, 1.165) is 18.4 Å². The van der Waals surface area contributed by atoms with Crippen molar-refractivity contribution in [2.24, 2.45) is 5.84 Å². The maximum absolute atomic E-state index is 12.4. The van der Waals surface area contributed by atoms with Crippen molar-refractivity contribution in [1.29, 1.82) is 0 Å². The molecule has 0 aromatic heterocycles. The molecule has 1 amide bonds. The zero-order valence-electron chi connectivity index (χ0n) is 12.1. The van der Waals surface area contributed by atoms with Crippen molar-refractivity contribution in [3.8, 4) is 0 Å². The maximum Gasteiger partial charge on any atom is 0.268 e. The van der Waals surface area contributed by atoms with Crippen LogP contribution in [0.3, 0.4) is 0 Å². The number of carbonyl (C=O) groups is 1. The van der Waals surface area contributed by atoms with E-state index in [4.69, 9.17) is 5.84 Å². The summed E-state index contributed by atoms with van der Waals surface area (Å²) in [6.07, 6.45) is 1.82. The number of hydrogen-bond donors (Lipinski definition) is 1. The number of benzene rings is 1. The summed E-state index contributed by atoms with van der Waals surface area (Å²) in [4.78, 5) is 12.4. The molecule has 0 saturated heterocycles. The Morgan fingerprint density at radius 1 is 1.22 bits per heavy atom. The van der Waals surface area contributed by atoms with E-state index in [1.165, 1.54) is 10.6 Å². The van der Waals surface area contributed by atoms with Crippen LogP contribution in [0.5, 0.6) is 0 Å². The van der Waals surface area contributed by atoms with Crippen LogP contribution in [-0.2, 0) is 12.8 Å². The second-order valence-electron chi connectivity index (χ2n) is 5.54. The minimum absolute atomic E-state index is 0.109. The van der Waals surface area contributed by atoms with Gasteiger partial charge in [-0.3, -0.25) is 9.80 Å². The van der Waals surface area contributed by atoms with Gasteiger partial charge in [-0.2, -0.15) is 0 Å². The number of amides is 1. The molecule has 100 valence electrons. The fraction of sp³-hybridized carbons (Fsp3) is 0.533. The molecule has 18 heavy (non-hydrogen) atoms. The number of aryl methyl sites for hydroxylation is 2. The van der Waals surface area contributed by atoms with Crippen molar-refractivity contribution in [3.05, 3.63) is 34.9 Å². The quantitative estimate of drug-likeness (QED) is 0.508. The molecule has 3 heteroatoms. The van der Waals surface area contributed by atoms with Crippen LogP contribution < -0.4 is 5.84 Å². The van der Waals surface area contributed by atoms with E-state index in [1.807, 2.05) is 32.9 Å². The van der Waals surface area contributed by atoms with Gasteiger partial charge in [-0.05, 0) is 50.8 Å². The van der Waals surface area contributed by atoms with Crippen LogP contribution in [0.15, 0.2) is 18.2 Å². The maximum atomic E-state index is 12.4. The minimum atomic E-state index is -0.370. The number of nitrogens with zero attached hydrogens (tertiary/aromatic N) is 1. The van der Waals surface area contributed by atoms with Gasteiger partial charge in [-0.15, -0.1) is 0 Å². The van der Waals surface area contributed by atoms with E-state index in [-0.39, 0.29) is 11.4 Å². The van der Waals surface area contributed by atoms with Crippen LogP contribution in [0.25, 0.3) is 0 Å². The summed E-state index contributed by atoms with van der Waals surface area (Å²) in [6.45, 7) is 9.95. The third kappa shape index (κ3) is 3.10. The number of hydrogen-bond acceptors (Lipinski definition) is 2. The summed E-state index contributed by atoms with van der Waals surface area (Å²) in [7, 11) is 0. The Hall–Kier alpha value is -1.35. The molecule has 3 nitrogen and oxygen atoms in total. The number of carbonyl (C=O) groups excluding carboxylic acids is 1. The van der Waals surface area contributed by atoms with Gasteiger partial charge in [0.1, 0.15) is 0 Å². The predicted molar refractivity (Wildman–Crippen MR) is 75.3 cm³/mol. The Kier molecular flexibility index (Phi) is 4.52. The van der Waals surface area contributed by atoms with Gasteiger partial charge in [0.25, 0.3) is 5.91 Å². The first-order chi connectivity index (χ1) is 8.31. The lowest BCUT2D eigenvalue weighted by Crippen LogP contribution is -2.50. The first-order valence-electron chi connectivity index (χ1n) is 6.52. The molecule has 0 atom stereocenters. The van der Waals surface area contributed by atoms with Crippen LogP contribution in [0.1, 0.15) is 56.1 Å². The molecule has 0 spiro atoms. The van der Waals surface area contributed by atoms with E-state index in [2.05, 4.69) is 19.9 Å². The van der Waals surface area contributed by atoms with Crippen LogP contribution in [-0.4, -0.2) is 16.5 Å². The molecule has 0 saturated carbocycles. The monoisotopic (exact) mass is 248 g/mol. The Balaban J connectivity index is 3.13. The van der Waals surface area contributed by atoms with Gasteiger partial charge in [0, 0.05) is 5.56 Å². The number of rotatable bonds is 3. The van der Waals surface area contributed by atoms with Gasteiger partial charge in [-0.25, -0.2) is 5.84 Å². The second-order valence-corrected chi connectivity index (χ2v) is 5.54. The van der Waals surface area contributed by atoms with Crippen LogP contribution >= 0.6 is 0 Å². The van der Waals surface area contributed by atoms with Gasteiger partial charge < -0.3 is 0 Å². The van der Waals surface area contributed by atoms with E-state index in [0.29, 0.717) is 5.56 Å².